The van der Waals surface area contributed by atoms with Crippen LogP contribution in [0.1, 0.15) is 142 Å². The van der Waals surface area contributed by atoms with Crippen LogP contribution in [0.3, 0.4) is 0 Å². The number of phosphoric ester groups is 1. The first kappa shape index (κ1) is 51.9. The summed E-state index contributed by atoms with van der Waals surface area (Å²) in [5.41, 5.74) is 0. The third-order valence-corrected chi connectivity index (χ3v) is 8.96. The lowest BCUT2D eigenvalue weighted by molar-refractivity contribution is -0.147. The van der Waals surface area contributed by atoms with Crippen LogP contribution in [0.2, 0.25) is 0 Å². The van der Waals surface area contributed by atoms with Crippen molar-refractivity contribution in [2.75, 3.05) is 26.4 Å². The second kappa shape index (κ2) is 40.6. The van der Waals surface area contributed by atoms with E-state index < -0.39 is 26.5 Å². The van der Waals surface area contributed by atoms with Gasteiger partial charge in [0.05, 0.1) is 13.2 Å². The van der Waals surface area contributed by atoms with E-state index in [1.165, 1.54) is 6.42 Å². The molecule has 2 unspecified atom stereocenters. The number of phosphoric acid groups is 1. The molecule has 0 aliphatic heterocycles. The summed E-state index contributed by atoms with van der Waals surface area (Å²) in [7, 11) is -4.43. The Labute approximate surface area is 334 Å². The van der Waals surface area contributed by atoms with E-state index in [1.54, 1.807) is 0 Å². The van der Waals surface area contributed by atoms with Crippen LogP contribution < -0.4 is 5.32 Å². The molecule has 0 radical (unpaired) electrons. The fourth-order valence-corrected chi connectivity index (χ4v) is 5.65. The van der Waals surface area contributed by atoms with Gasteiger partial charge in [0.25, 0.3) is 0 Å². The van der Waals surface area contributed by atoms with Crippen molar-refractivity contribution < 1.29 is 37.9 Å². The number of hydrogen-bond donors (Lipinski definition) is 3. The van der Waals surface area contributed by atoms with Crippen molar-refractivity contribution in [1.29, 1.82) is 0 Å². The first-order chi connectivity index (χ1) is 26.8. The molecule has 0 aliphatic rings. The highest BCUT2D eigenvalue weighted by molar-refractivity contribution is 7.47. The predicted octanol–water partition coefficient (Wildman–Crippen LogP) is 11.4. The Bertz CT molecular complexity index is 1220. The minimum atomic E-state index is -4.43. The number of nitrogens with one attached hydrogen (secondary N) is 1. The maximum atomic E-state index is 12.1. The van der Waals surface area contributed by atoms with Crippen molar-refractivity contribution in [2.24, 2.45) is 0 Å². The Morgan fingerprint density at radius 1 is 0.582 bits per heavy atom. The molecule has 0 bridgehead atoms. The van der Waals surface area contributed by atoms with E-state index in [4.69, 9.17) is 13.8 Å². The molecule has 1 amide bonds. The van der Waals surface area contributed by atoms with E-state index in [2.05, 4.69) is 116 Å². The highest BCUT2D eigenvalue weighted by Gasteiger charge is 2.23. The summed E-state index contributed by atoms with van der Waals surface area (Å²) in [4.78, 5) is 33.8. The molecule has 0 saturated heterocycles. The van der Waals surface area contributed by atoms with Gasteiger partial charge in [-0.2, -0.15) is 0 Å². The molecule has 0 heterocycles. The molecule has 0 aromatic rings. The summed E-state index contributed by atoms with van der Waals surface area (Å²) in [6.07, 6.45) is 51.9. The van der Waals surface area contributed by atoms with Crippen molar-refractivity contribution in [2.45, 2.75) is 148 Å². The third-order valence-electron chi connectivity index (χ3n) is 7.98. The average Bonchev–Trinajstić information content (AvgIpc) is 3.17. The second-order valence-corrected chi connectivity index (χ2v) is 14.7. The normalized spacial score (nSPS) is 14.3. The minimum Gasteiger partial charge on any atom is -0.463 e. The number of rotatable bonds is 37. The van der Waals surface area contributed by atoms with Gasteiger partial charge in [-0.05, 0) is 89.9 Å². The van der Waals surface area contributed by atoms with Crippen LogP contribution in [0.4, 0.5) is 0 Å². The number of aliphatic hydroxyl groups excluding tert-OH is 1. The molecule has 0 spiro atoms. The maximum absolute atomic E-state index is 12.1. The van der Waals surface area contributed by atoms with Crippen molar-refractivity contribution in [3.8, 4) is 0 Å². The van der Waals surface area contributed by atoms with Crippen molar-refractivity contribution in [1.82, 2.24) is 5.32 Å². The number of ether oxygens (including phenoxy) is 1. The number of esters is 1. The number of unbranched alkanes of at least 4 members (excludes halogenated alkanes) is 8. The topological polar surface area (TPSA) is 131 Å². The summed E-state index contributed by atoms with van der Waals surface area (Å²) < 4.78 is 26.8. The monoisotopic (exact) mass is 788 g/mol. The lowest BCUT2D eigenvalue weighted by atomic mass is 10.1. The molecule has 55 heavy (non-hydrogen) atoms. The van der Waals surface area contributed by atoms with Gasteiger partial charge in [-0.3, -0.25) is 18.6 Å². The van der Waals surface area contributed by atoms with E-state index in [0.29, 0.717) is 12.8 Å². The van der Waals surface area contributed by atoms with E-state index in [-0.39, 0.29) is 32.1 Å². The van der Waals surface area contributed by atoms with Crippen LogP contribution in [-0.4, -0.2) is 54.3 Å². The van der Waals surface area contributed by atoms with Crippen LogP contribution in [0, 0.1) is 0 Å². The molecule has 0 rings (SSSR count). The molecule has 3 N–H and O–H groups in total. The highest BCUT2D eigenvalue weighted by Crippen LogP contribution is 2.42. The average molecular weight is 788 g/mol. The number of aliphatic hydroxyl groups is 1. The fourth-order valence-electron chi connectivity index (χ4n) is 4.89. The van der Waals surface area contributed by atoms with E-state index in [9.17, 15) is 24.2 Å². The maximum Gasteiger partial charge on any atom is 0.472 e. The first-order valence-corrected chi connectivity index (χ1v) is 22.2. The standard InChI is InChI=1S/C45H74NO8P/c1-3-5-7-9-11-13-15-17-18-19-20-21-22-23-24-26-28-30-32-34-36-38-45(49)52-41-43(47)42-54-55(50,51)53-40-39-46-44(48)37-35-33-31-29-27-25-16-14-12-10-8-6-4-2/h5,7-8,10-11,13-14,16-18,20-21,23-24,28,30,43,47H,3-4,6,9,12,15,19,22,25-27,29,31-42H2,1-2H3,(H,46,48)(H,50,51)/b7-5-,10-8-,13-11-,16-14-,18-17-,21-20-,24-23-,30-28-. The second-order valence-electron chi connectivity index (χ2n) is 13.2. The predicted molar refractivity (Wildman–Crippen MR) is 229 cm³/mol. The smallest absolute Gasteiger partial charge is 0.463 e. The van der Waals surface area contributed by atoms with Gasteiger partial charge in [-0.25, -0.2) is 4.57 Å². The molecule has 0 aliphatic carbocycles. The number of amides is 1. The van der Waals surface area contributed by atoms with Crippen LogP contribution >= 0.6 is 7.82 Å². The minimum absolute atomic E-state index is 0.0625. The molecule has 10 heteroatoms. The molecule has 312 valence electrons. The number of hydrogen-bond acceptors (Lipinski definition) is 7. The van der Waals surface area contributed by atoms with E-state index >= 15 is 0 Å². The Morgan fingerprint density at radius 2 is 1.04 bits per heavy atom. The van der Waals surface area contributed by atoms with Crippen LogP contribution in [0.25, 0.3) is 0 Å². The first-order valence-electron chi connectivity index (χ1n) is 20.7. The van der Waals surface area contributed by atoms with Gasteiger partial charge in [0.1, 0.15) is 12.7 Å². The summed E-state index contributed by atoms with van der Waals surface area (Å²) in [6.45, 7) is 3.27. The summed E-state index contributed by atoms with van der Waals surface area (Å²) in [6, 6.07) is 0. The SMILES string of the molecule is CC/C=C\C/C=C\C/C=C\C/C=C\C/C=C\C/C=C\CCCCC(=O)OCC(O)COP(=O)(O)OCCNC(=O)CCCCCCC/C=C\C/C=C\CCC. The van der Waals surface area contributed by atoms with Crippen LogP contribution in [-0.2, 0) is 27.9 Å². The molecule has 0 aromatic carbocycles. The molecule has 0 saturated carbocycles. The van der Waals surface area contributed by atoms with Gasteiger partial charge in [-0.1, -0.05) is 137 Å². The Balaban J connectivity index is 3.74. The Kier molecular flexibility index (Phi) is 38.3. The lowest BCUT2D eigenvalue weighted by Gasteiger charge is -2.15. The van der Waals surface area contributed by atoms with Gasteiger partial charge >= 0.3 is 13.8 Å². The molecule has 9 nitrogen and oxygen atoms in total. The molecular weight excluding hydrogens is 713 g/mol. The zero-order valence-corrected chi connectivity index (χ0v) is 35.0. The number of allylic oxidation sites excluding steroid dienone is 16. The largest absolute Gasteiger partial charge is 0.472 e. The van der Waals surface area contributed by atoms with Crippen molar-refractivity contribution in [3.05, 3.63) is 97.2 Å². The van der Waals surface area contributed by atoms with Gasteiger partial charge < -0.3 is 20.1 Å². The van der Waals surface area contributed by atoms with Crippen molar-refractivity contribution >= 4 is 19.7 Å². The quantitative estimate of drug-likeness (QED) is 0.0245. The summed E-state index contributed by atoms with van der Waals surface area (Å²) in [5, 5.41) is 12.7. The van der Waals surface area contributed by atoms with Crippen LogP contribution in [0.15, 0.2) is 97.2 Å². The van der Waals surface area contributed by atoms with Crippen molar-refractivity contribution in [3.63, 3.8) is 0 Å². The fraction of sp³-hybridized carbons (Fsp3) is 0.600. The van der Waals surface area contributed by atoms with Crippen LogP contribution in [0.5, 0.6) is 0 Å². The summed E-state index contributed by atoms with van der Waals surface area (Å²) >= 11 is 0. The van der Waals surface area contributed by atoms with Gasteiger partial charge in [0.2, 0.25) is 5.91 Å². The van der Waals surface area contributed by atoms with E-state index in [1.807, 2.05) is 0 Å². The zero-order valence-electron chi connectivity index (χ0n) is 34.1. The summed E-state index contributed by atoms with van der Waals surface area (Å²) in [5.74, 6) is -0.586. The zero-order chi connectivity index (χ0) is 40.3. The Morgan fingerprint density at radius 3 is 1.58 bits per heavy atom. The molecular formula is C45H74NO8P. The molecule has 2 atom stereocenters. The van der Waals surface area contributed by atoms with Gasteiger partial charge in [-0.15, -0.1) is 0 Å². The van der Waals surface area contributed by atoms with Gasteiger partial charge in [0, 0.05) is 19.4 Å². The number of carbonyl (C=O) groups excluding carboxylic acids is 2. The molecule has 0 fully saturated rings. The highest BCUT2D eigenvalue weighted by atomic mass is 31.2. The lowest BCUT2D eigenvalue weighted by Crippen LogP contribution is -2.27. The number of carbonyl (C=O) groups is 2. The van der Waals surface area contributed by atoms with E-state index in [0.717, 1.165) is 103 Å². The third kappa shape index (κ3) is 41.9. The Hall–Kier alpha value is -3.07. The molecule has 0 aromatic heterocycles. The van der Waals surface area contributed by atoms with Gasteiger partial charge in [0.15, 0.2) is 0 Å².